The van der Waals surface area contributed by atoms with Crippen LogP contribution >= 0.6 is 0 Å². The molecule has 0 N–H and O–H groups in total. The Kier molecular flexibility index (Phi) is 66.3. The third-order valence-corrected chi connectivity index (χ3v) is 6.84. The molecule has 67 heavy (non-hydrogen) atoms. The quantitative estimate of drug-likeness (QED) is 0.0752. The summed E-state index contributed by atoms with van der Waals surface area (Å²) in [6, 6.07) is 34.0. The topological polar surface area (TPSA) is 338 Å². The third kappa shape index (κ3) is 61.5. The minimum Gasteiger partial charge on any atom is -2.00 e. The van der Waals surface area contributed by atoms with Gasteiger partial charge in [0.15, 0.2) is 0 Å². The minimum absolute atomic E-state index is 0. The molecule has 0 heterocycles. The number of nitrogens with zero attached hydrogens (tertiary/aromatic N) is 6. The summed E-state index contributed by atoms with van der Waals surface area (Å²) in [5, 5.41) is 82.7. The molecule has 20 nitrogen and oxygen atoms in total. The Morgan fingerprint density at radius 2 is 0.642 bits per heavy atom. The molecule has 0 amide bonds. The van der Waals surface area contributed by atoms with Crippen molar-refractivity contribution in [2.24, 2.45) is 0 Å². The van der Waals surface area contributed by atoms with E-state index in [1.165, 1.54) is 55.5 Å². The second kappa shape index (κ2) is 55.8. The zero-order valence-electron chi connectivity index (χ0n) is 38.1. The summed E-state index contributed by atoms with van der Waals surface area (Å²) < 4.78 is 0. The first kappa shape index (κ1) is 79.6. The number of nitriles is 1. The van der Waals surface area contributed by atoms with Crippen LogP contribution in [0.4, 0.5) is 0 Å². The first-order valence-corrected chi connectivity index (χ1v) is 18.7. The molecular formula is C44H57Fe2HoN6O14+4. The molecule has 4 aromatic carbocycles. The Bertz CT molecular complexity index is 1570. The van der Waals surface area contributed by atoms with Gasteiger partial charge in [-0.3, -0.25) is 0 Å². The Labute approximate surface area is 444 Å². The molecule has 0 unspecified atom stereocenters. The van der Waals surface area contributed by atoms with Crippen LogP contribution < -0.4 is 30.6 Å². The molecule has 4 rings (SSSR count). The summed E-state index contributed by atoms with van der Waals surface area (Å²) in [7, 11) is 12.1. The molecule has 0 saturated heterocycles. The van der Waals surface area contributed by atoms with Crippen molar-refractivity contribution >= 4 is 23.9 Å². The van der Waals surface area contributed by atoms with Crippen LogP contribution in [0, 0.1) is 64.4 Å². The number of benzene rings is 4. The average Bonchev–Trinajstić information content (AvgIpc) is 3.25. The predicted molar refractivity (Wildman–Crippen MR) is 227 cm³/mol. The molecule has 23 heteroatoms. The Hall–Kier alpha value is -4.53. The number of rotatable bonds is 14. The first-order valence-electron chi connectivity index (χ1n) is 18.7. The van der Waals surface area contributed by atoms with Gasteiger partial charge >= 0.3 is 71.9 Å². The fraction of sp³-hybridized carbons (Fsp3) is 0.341. The number of carboxylic acid groups (broad SMARTS) is 4. The molecule has 0 bridgehead atoms. The first-order chi connectivity index (χ1) is 29.7. The van der Waals surface area contributed by atoms with Crippen LogP contribution in [0.2, 0.25) is 0 Å². The molecule has 0 aliphatic carbocycles. The number of carboxylic acids is 4. The normalized spacial score (nSPS) is 8.66. The van der Waals surface area contributed by atoms with Crippen molar-refractivity contribution in [1.29, 1.82) is 5.26 Å². The van der Waals surface area contributed by atoms with Crippen molar-refractivity contribution in [3.63, 3.8) is 0 Å². The van der Waals surface area contributed by atoms with Gasteiger partial charge < -0.3 is 90.2 Å². The SMILES string of the molecule is CC#N.CN(C)CCN(C)CC[O-].CN(C)CCN(C)CC[O-].O=C([O-])c1ccccc1.O=C([O-])c1ccccc1.O=C([O-])c1ccccc1.O=C([O-])c1ccccc1.O=[N+]([O-])[O-].[Fe+5].[Fe+5].[Ho+3].[O-2]. The standard InChI is InChI=1S/2C7H17N2O.4C7H6O2.C2H3N.2Fe.Ho.NO3.O/c2*1-8(2)4-5-9(3)6-7-10;4*8-7(9)6-4-2-1-3-5-6;1-2-3;;;;2-1(3)4;/h2*4-7H2,1-3H3;4*1-5H,(H,8,9);1H3;;;;;/q2*-1;;;;;;2*+5;+3;-1;-2/p-4. The monoisotopic (exact) mass is 1170 g/mol. The van der Waals surface area contributed by atoms with Crippen LogP contribution in [-0.2, 0) is 39.6 Å². The Morgan fingerprint density at radius 1 is 0.478 bits per heavy atom. The van der Waals surface area contributed by atoms with Crippen molar-refractivity contribution in [3.05, 3.63) is 159 Å². The van der Waals surface area contributed by atoms with Gasteiger partial charge in [-0.1, -0.05) is 121 Å². The molecule has 4 aromatic rings. The third-order valence-electron chi connectivity index (χ3n) is 6.84. The Balaban J connectivity index is -0.0000000998. The maximum absolute atomic E-state index is 10.1. The van der Waals surface area contributed by atoms with Gasteiger partial charge in [-0.15, -0.1) is 13.2 Å². The van der Waals surface area contributed by atoms with Crippen LogP contribution in [0.3, 0.4) is 0 Å². The Morgan fingerprint density at radius 3 is 0.746 bits per heavy atom. The van der Waals surface area contributed by atoms with E-state index in [1.807, 2.05) is 52.1 Å². The van der Waals surface area contributed by atoms with Gasteiger partial charge in [0.25, 0.3) is 0 Å². The van der Waals surface area contributed by atoms with Crippen LogP contribution in [0.15, 0.2) is 121 Å². The van der Waals surface area contributed by atoms with Gasteiger partial charge in [-0.05, 0) is 77.6 Å². The van der Waals surface area contributed by atoms with E-state index in [-0.39, 0.29) is 113 Å². The predicted octanol–water partition coefficient (Wildman–Crippen LogP) is -1.95. The van der Waals surface area contributed by atoms with E-state index in [1.54, 1.807) is 78.9 Å². The number of hydrogen-bond acceptors (Lipinski definition) is 18. The van der Waals surface area contributed by atoms with E-state index in [4.69, 9.17) is 20.6 Å². The number of carbonyl (C=O) groups excluding carboxylic acids is 4. The summed E-state index contributed by atoms with van der Waals surface area (Å²) >= 11 is 0. The zero-order valence-corrected chi connectivity index (χ0v) is 42.3. The zero-order chi connectivity index (χ0) is 49.0. The van der Waals surface area contributed by atoms with Crippen LogP contribution in [0.25, 0.3) is 0 Å². The van der Waals surface area contributed by atoms with Crippen LogP contribution in [0.1, 0.15) is 48.4 Å². The molecule has 0 aliphatic heterocycles. The molecule has 0 aliphatic rings. The number of aromatic carboxylic acids is 4. The van der Waals surface area contributed by atoms with Gasteiger partial charge in [0, 0.05) is 33.1 Å². The molecular weight excluding hydrogens is 1110 g/mol. The summed E-state index contributed by atoms with van der Waals surface area (Å²) in [6.45, 7) is 6.77. The maximum atomic E-state index is 10.1. The van der Waals surface area contributed by atoms with Crippen molar-refractivity contribution < 1.29 is 132 Å². The fourth-order valence-electron chi connectivity index (χ4n) is 3.57. The summed E-state index contributed by atoms with van der Waals surface area (Å²) in [5.74, 6) is -4.52. The molecule has 0 fully saturated rings. The van der Waals surface area contributed by atoms with Crippen molar-refractivity contribution in [2.75, 3.05) is 94.8 Å². The molecule has 0 spiro atoms. The molecule has 0 atom stereocenters. The molecule has 370 valence electrons. The molecule has 0 aromatic heterocycles. The minimum atomic E-state index is -1.75. The van der Waals surface area contributed by atoms with E-state index in [0.29, 0.717) is 13.1 Å². The van der Waals surface area contributed by atoms with E-state index >= 15 is 0 Å². The van der Waals surface area contributed by atoms with Crippen molar-refractivity contribution in [1.82, 2.24) is 19.6 Å². The summed E-state index contributed by atoms with van der Waals surface area (Å²) in [6.07, 6.45) is 0. The fourth-order valence-corrected chi connectivity index (χ4v) is 3.57. The smallest absolute Gasteiger partial charge is 2.00 e. The second-order valence-electron chi connectivity index (χ2n) is 12.7. The van der Waals surface area contributed by atoms with E-state index in [9.17, 15) is 49.8 Å². The van der Waals surface area contributed by atoms with Gasteiger partial charge in [-0.2, -0.15) is 5.26 Å². The van der Waals surface area contributed by atoms with Crippen LogP contribution in [0.5, 0.6) is 0 Å². The van der Waals surface area contributed by atoms with E-state index < -0.39 is 29.0 Å². The molecule has 2 radical (unpaired) electrons. The van der Waals surface area contributed by atoms with Crippen molar-refractivity contribution in [3.8, 4) is 6.07 Å². The van der Waals surface area contributed by atoms with E-state index in [0.717, 1.165) is 26.2 Å². The van der Waals surface area contributed by atoms with Gasteiger partial charge in [0.2, 0.25) is 0 Å². The number of likely N-dealkylation sites (N-methyl/N-ethyl adjacent to an activating group) is 4. The van der Waals surface area contributed by atoms with Gasteiger partial charge in [0.1, 0.15) is 0 Å². The molecule has 0 saturated carbocycles. The van der Waals surface area contributed by atoms with E-state index in [2.05, 4.69) is 9.80 Å². The van der Waals surface area contributed by atoms with Gasteiger partial charge in [-0.25, -0.2) is 0 Å². The largest absolute Gasteiger partial charge is 5.00 e. The summed E-state index contributed by atoms with van der Waals surface area (Å²) in [5.41, 5.74) is 0.880. The second-order valence-corrected chi connectivity index (χ2v) is 12.7. The maximum Gasteiger partial charge on any atom is 5.00 e. The van der Waals surface area contributed by atoms with Crippen molar-refractivity contribution in [2.45, 2.75) is 6.92 Å². The average molecular weight is 1170 g/mol. The van der Waals surface area contributed by atoms with Gasteiger partial charge in [0.05, 0.1) is 35.0 Å². The number of carbonyl (C=O) groups is 4. The number of hydrogen-bond donors (Lipinski definition) is 0. The van der Waals surface area contributed by atoms with Crippen LogP contribution in [-0.4, -0.2) is 143 Å². The summed E-state index contributed by atoms with van der Waals surface area (Å²) in [4.78, 5) is 56.9.